The molecule has 0 aromatic carbocycles. The monoisotopic (exact) mass is 267 g/mol. The summed E-state index contributed by atoms with van der Waals surface area (Å²) in [5, 5.41) is 11.8. The number of nitriles is 1. The van der Waals surface area contributed by atoms with Crippen LogP contribution in [0.4, 0.5) is 0 Å². The van der Waals surface area contributed by atoms with Crippen molar-refractivity contribution in [3.05, 3.63) is 0 Å². The van der Waals surface area contributed by atoms with Crippen LogP contribution in [0.25, 0.3) is 0 Å². The maximum atomic E-state index is 12.2. The van der Waals surface area contributed by atoms with Gasteiger partial charge in [-0.1, -0.05) is 27.7 Å². The van der Waals surface area contributed by atoms with Crippen LogP contribution in [0.15, 0.2) is 0 Å². The molecule has 0 spiro atoms. The van der Waals surface area contributed by atoms with E-state index in [-0.39, 0.29) is 18.0 Å². The van der Waals surface area contributed by atoms with Gasteiger partial charge in [0, 0.05) is 25.6 Å². The zero-order valence-electron chi connectivity index (χ0n) is 13.1. The van der Waals surface area contributed by atoms with Crippen molar-refractivity contribution in [2.45, 2.75) is 66.0 Å². The first-order valence-corrected chi connectivity index (χ1v) is 7.37. The molecule has 4 heteroatoms. The number of rotatable bonds is 9. The second-order valence-electron chi connectivity index (χ2n) is 5.49. The molecule has 0 aromatic heterocycles. The fourth-order valence-corrected chi connectivity index (χ4v) is 2.09. The highest BCUT2D eigenvalue weighted by molar-refractivity contribution is 5.81. The average Bonchev–Trinajstić information content (AvgIpc) is 2.39. The highest BCUT2D eigenvalue weighted by atomic mass is 16.2. The number of nitrogens with zero attached hydrogens (tertiary/aromatic N) is 2. The first-order chi connectivity index (χ1) is 8.96. The van der Waals surface area contributed by atoms with E-state index < -0.39 is 0 Å². The Bertz CT molecular complexity index is 292. The van der Waals surface area contributed by atoms with E-state index in [0.717, 1.165) is 19.4 Å². The molecule has 1 unspecified atom stereocenters. The summed E-state index contributed by atoms with van der Waals surface area (Å²) >= 11 is 0. The Hall–Kier alpha value is -1.08. The van der Waals surface area contributed by atoms with Gasteiger partial charge in [0.05, 0.1) is 12.1 Å². The van der Waals surface area contributed by atoms with Gasteiger partial charge < -0.3 is 5.32 Å². The maximum Gasteiger partial charge on any atom is 0.237 e. The van der Waals surface area contributed by atoms with E-state index in [1.54, 1.807) is 0 Å². The molecule has 0 aliphatic rings. The lowest BCUT2D eigenvalue weighted by Crippen LogP contribution is -2.49. The van der Waals surface area contributed by atoms with Crippen LogP contribution < -0.4 is 5.32 Å². The summed E-state index contributed by atoms with van der Waals surface area (Å²) in [7, 11) is 0. The Morgan fingerprint density at radius 3 is 2.26 bits per heavy atom. The Kier molecular flexibility index (Phi) is 9.24. The van der Waals surface area contributed by atoms with Gasteiger partial charge in [-0.15, -0.1) is 0 Å². The Morgan fingerprint density at radius 1 is 1.26 bits per heavy atom. The van der Waals surface area contributed by atoms with Crippen molar-refractivity contribution in [1.29, 1.82) is 5.26 Å². The van der Waals surface area contributed by atoms with Crippen molar-refractivity contribution in [3.8, 4) is 6.07 Å². The quantitative estimate of drug-likeness (QED) is 0.698. The molecule has 0 aliphatic carbocycles. The molecule has 0 saturated carbocycles. The molecule has 0 heterocycles. The largest absolute Gasteiger partial charge is 0.352 e. The van der Waals surface area contributed by atoms with Crippen LogP contribution >= 0.6 is 0 Å². The normalized spacial score (nSPS) is 12.8. The number of carbonyl (C=O) groups excluding carboxylic acids is 1. The number of hydrogen-bond donors (Lipinski definition) is 1. The minimum atomic E-state index is -0.170. The van der Waals surface area contributed by atoms with Crippen molar-refractivity contribution in [2.24, 2.45) is 5.92 Å². The summed E-state index contributed by atoms with van der Waals surface area (Å²) in [4.78, 5) is 14.3. The number of carbonyl (C=O) groups is 1. The van der Waals surface area contributed by atoms with Crippen LogP contribution in [0.1, 0.15) is 53.9 Å². The summed E-state index contributed by atoms with van der Waals surface area (Å²) in [6.45, 7) is 11.9. The van der Waals surface area contributed by atoms with Gasteiger partial charge in [-0.05, 0) is 25.7 Å². The molecule has 0 bridgehead atoms. The zero-order chi connectivity index (χ0) is 14.8. The SMILES string of the molecule is CCC(CC)NC(=O)C(C)N(CCC#N)CC(C)C. The van der Waals surface area contributed by atoms with E-state index in [4.69, 9.17) is 5.26 Å². The second-order valence-corrected chi connectivity index (χ2v) is 5.49. The summed E-state index contributed by atoms with van der Waals surface area (Å²) in [5.74, 6) is 0.564. The minimum absolute atomic E-state index is 0.0762. The van der Waals surface area contributed by atoms with Gasteiger partial charge in [-0.2, -0.15) is 5.26 Å². The van der Waals surface area contributed by atoms with Gasteiger partial charge >= 0.3 is 0 Å². The summed E-state index contributed by atoms with van der Waals surface area (Å²) in [6, 6.07) is 2.24. The lowest BCUT2D eigenvalue weighted by molar-refractivity contribution is -0.126. The molecule has 0 saturated heterocycles. The first-order valence-electron chi connectivity index (χ1n) is 7.37. The average molecular weight is 267 g/mol. The van der Waals surface area contributed by atoms with Crippen molar-refractivity contribution in [2.75, 3.05) is 13.1 Å². The van der Waals surface area contributed by atoms with Gasteiger partial charge in [0.25, 0.3) is 0 Å². The maximum absolute atomic E-state index is 12.2. The van der Waals surface area contributed by atoms with Crippen LogP contribution in [0.3, 0.4) is 0 Å². The third kappa shape index (κ3) is 7.17. The van der Waals surface area contributed by atoms with Crippen molar-refractivity contribution >= 4 is 5.91 Å². The number of nitrogens with one attached hydrogen (secondary N) is 1. The van der Waals surface area contributed by atoms with Crippen LogP contribution in [0.5, 0.6) is 0 Å². The molecule has 0 aliphatic heterocycles. The topological polar surface area (TPSA) is 56.1 Å². The van der Waals surface area contributed by atoms with E-state index in [2.05, 4.69) is 44.0 Å². The predicted octanol–water partition coefficient (Wildman–Crippen LogP) is 2.55. The standard InChI is InChI=1S/C15H29N3O/c1-6-14(7-2)17-15(19)13(5)18(10-8-9-16)11-12(3)4/h12-14H,6-8,10-11H2,1-5H3,(H,17,19). The second kappa shape index (κ2) is 9.80. The van der Waals surface area contributed by atoms with Crippen molar-refractivity contribution in [3.63, 3.8) is 0 Å². The molecule has 4 nitrogen and oxygen atoms in total. The highest BCUT2D eigenvalue weighted by Gasteiger charge is 2.22. The van der Waals surface area contributed by atoms with Crippen LogP contribution in [0, 0.1) is 17.2 Å². The molecule has 19 heavy (non-hydrogen) atoms. The Labute approximate surface area is 118 Å². The van der Waals surface area contributed by atoms with Gasteiger partial charge in [0.1, 0.15) is 0 Å². The molecule has 0 fully saturated rings. The van der Waals surface area contributed by atoms with E-state index in [0.29, 0.717) is 18.9 Å². The molecular formula is C15H29N3O. The van der Waals surface area contributed by atoms with Crippen LogP contribution in [-0.2, 0) is 4.79 Å². The molecular weight excluding hydrogens is 238 g/mol. The summed E-state index contributed by atoms with van der Waals surface area (Å²) < 4.78 is 0. The lowest BCUT2D eigenvalue weighted by atomic mass is 10.1. The Morgan fingerprint density at radius 2 is 1.84 bits per heavy atom. The smallest absolute Gasteiger partial charge is 0.237 e. The third-order valence-corrected chi connectivity index (χ3v) is 3.37. The van der Waals surface area contributed by atoms with Crippen LogP contribution in [-0.4, -0.2) is 36.0 Å². The van der Waals surface area contributed by atoms with Crippen molar-refractivity contribution < 1.29 is 4.79 Å². The zero-order valence-corrected chi connectivity index (χ0v) is 13.1. The molecule has 0 rings (SSSR count). The van der Waals surface area contributed by atoms with E-state index in [1.807, 2.05) is 6.92 Å². The predicted molar refractivity (Wildman–Crippen MR) is 78.6 cm³/mol. The van der Waals surface area contributed by atoms with Gasteiger partial charge in [-0.25, -0.2) is 0 Å². The van der Waals surface area contributed by atoms with Gasteiger partial charge in [-0.3, -0.25) is 9.69 Å². The fourth-order valence-electron chi connectivity index (χ4n) is 2.09. The molecule has 1 atom stereocenters. The van der Waals surface area contributed by atoms with E-state index >= 15 is 0 Å². The molecule has 1 N–H and O–H groups in total. The molecule has 110 valence electrons. The number of amides is 1. The minimum Gasteiger partial charge on any atom is -0.352 e. The van der Waals surface area contributed by atoms with Gasteiger partial charge in [0.2, 0.25) is 5.91 Å². The lowest BCUT2D eigenvalue weighted by Gasteiger charge is -2.30. The summed E-state index contributed by atoms with van der Waals surface area (Å²) in [6.07, 6.45) is 2.38. The van der Waals surface area contributed by atoms with E-state index in [9.17, 15) is 4.79 Å². The first kappa shape index (κ1) is 17.9. The molecule has 0 radical (unpaired) electrons. The summed E-state index contributed by atoms with van der Waals surface area (Å²) in [5.41, 5.74) is 0. The Balaban J connectivity index is 4.54. The van der Waals surface area contributed by atoms with E-state index in [1.165, 1.54) is 0 Å². The fraction of sp³-hybridized carbons (Fsp3) is 0.867. The van der Waals surface area contributed by atoms with Crippen LogP contribution in [0.2, 0.25) is 0 Å². The van der Waals surface area contributed by atoms with Gasteiger partial charge in [0.15, 0.2) is 0 Å². The molecule has 0 aromatic rings. The molecule has 1 amide bonds. The highest BCUT2D eigenvalue weighted by Crippen LogP contribution is 2.07. The number of hydrogen-bond acceptors (Lipinski definition) is 3. The third-order valence-electron chi connectivity index (χ3n) is 3.37. The van der Waals surface area contributed by atoms with Crippen molar-refractivity contribution in [1.82, 2.24) is 10.2 Å².